The van der Waals surface area contributed by atoms with Crippen molar-refractivity contribution < 1.29 is 9.90 Å². The number of aromatic nitrogens is 2. The predicted molar refractivity (Wildman–Crippen MR) is 81.7 cm³/mol. The van der Waals surface area contributed by atoms with Crippen LogP contribution in [0, 0.1) is 0 Å². The molecule has 1 heterocycles. The zero-order valence-electron chi connectivity index (χ0n) is 11.4. The lowest BCUT2D eigenvalue weighted by atomic mass is 10.3. The molecule has 6 nitrogen and oxygen atoms in total. The molecule has 1 aromatic heterocycles. The lowest BCUT2D eigenvalue weighted by Gasteiger charge is -2.05. The Labute approximate surface area is 125 Å². The summed E-state index contributed by atoms with van der Waals surface area (Å²) in [5, 5.41) is 12.3. The van der Waals surface area contributed by atoms with Crippen molar-refractivity contribution in [2.24, 2.45) is 0 Å². The number of benzene rings is 1. The molecule has 1 amide bonds. The van der Waals surface area contributed by atoms with Crippen molar-refractivity contribution in [1.29, 1.82) is 0 Å². The van der Waals surface area contributed by atoms with E-state index in [0.29, 0.717) is 23.0 Å². The van der Waals surface area contributed by atoms with Crippen LogP contribution < -0.4 is 10.9 Å². The number of nitrogens with zero attached hydrogens (tertiary/aromatic N) is 1. The van der Waals surface area contributed by atoms with Gasteiger partial charge in [-0.15, -0.1) is 0 Å². The zero-order chi connectivity index (χ0) is 15.2. The number of nitrogens with one attached hydrogen (secondary N) is 2. The first-order valence-corrected chi connectivity index (χ1v) is 7.37. The first kappa shape index (κ1) is 15.1. The fraction of sp³-hybridized carbons (Fsp3) is 0.214. The van der Waals surface area contributed by atoms with Crippen LogP contribution in [0.2, 0.25) is 0 Å². The summed E-state index contributed by atoms with van der Waals surface area (Å²) in [6, 6.07) is 7.64. The number of H-pyrrole nitrogens is 1. The molecular weight excluding hydrogens is 290 g/mol. The Morgan fingerprint density at radius 1 is 1.38 bits per heavy atom. The van der Waals surface area contributed by atoms with Crippen molar-refractivity contribution in [3.8, 4) is 5.75 Å². The van der Waals surface area contributed by atoms with Crippen LogP contribution in [0.5, 0.6) is 5.75 Å². The van der Waals surface area contributed by atoms with Crippen LogP contribution >= 0.6 is 11.8 Å². The summed E-state index contributed by atoms with van der Waals surface area (Å²) >= 11 is 1.17. The minimum atomic E-state index is -0.219. The number of carbonyl (C=O) groups is 1. The lowest BCUT2D eigenvalue weighted by molar-refractivity contribution is -0.113. The van der Waals surface area contributed by atoms with E-state index in [4.69, 9.17) is 5.11 Å². The van der Waals surface area contributed by atoms with Crippen molar-refractivity contribution in [3.63, 3.8) is 0 Å². The summed E-state index contributed by atoms with van der Waals surface area (Å²) in [6.45, 7) is 1.91. The van der Waals surface area contributed by atoms with Crippen LogP contribution in [-0.2, 0) is 11.2 Å². The molecule has 0 atom stereocenters. The standard InChI is InChI=1S/C14H15N3O3S/c1-2-9-7-12(19)17-14(16-9)21-8-13(20)15-10-3-5-11(18)6-4-10/h3-7,18H,2,8H2,1H3,(H,15,20)(H,16,17,19). The van der Waals surface area contributed by atoms with Gasteiger partial charge in [0.25, 0.3) is 5.56 Å². The molecule has 0 bridgehead atoms. The van der Waals surface area contributed by atoms with E-state index < -0.39 is 0 Å². The Morgan fingerprint density at radius 2 is 2.10 bits per heavy atom. The number of anilines is 1. The first-order valence-electron chi connectivity index (χ1n) is 6.38. The molecule has 21 heavy (non-hydrogen) atoms. The summed E-state index contributed by atoms with van der Waals surface area (Å²) in [5.41, 5.74) is 1.07. The molecule has 0 saturated heterocycles. The Balaban J connectivity index is 1.93. The second kappa shape index (κ2) is 6.94. The largest absolute Gasteiger partial charge is 0.508 e. The van der Waals surface area contributed by atoms with Gasteiger partial charge in [0.1, 0.15) is 5.75 Å². The molecule has 0 aliphatic carbocycles. The second-order valence-corrected chi connectivity index (χ2v) is 5.24. The van der Waals surface area contributed by atoms with Gasteiger partial charge in [-0.2, -0.15) is 0 Å². The first-order chi connectivity index (χ1) is 10.1. The highest BCUT2D eigenvalue weighted by Crippen LogP contribution is 2.15. The predicted octanol–water partition coefficient (Wildman–Crippen LogP) is 1.77. The van der Waals surface area contributed by atoms with E-state index in [1.54, 1.807) is 12.1 Å². The average molecular weight is 305 g/mol. The van der Waals surface area contributed by atoms with Crippen LogP contribution in [0.1, 0.15) is 12.6 Å². The van der Waals surface area contributed by atoms with Gasteiger partial charge in [0.2, 0.25) is 5.91 Å². The molecule has 0 spiro atoms. The number of aryl methyl sites for hydroxylation is 1. The number of aromatic amines is 1. The summed E-state index contributed by atoms with van der Waals surface area (Å²) < 4.78 is 0. The summed E-state index contributed by atoms with van der Waals surface area (Å²) in [4.78, 5) is 30.0. The maximum atomic E-state index is 11.8. The fourth-order valence-electron chi connectivity index (χ4n) is 1.61. The molecule has 0 unspecified atom stereocenters. The number of hydrogen-bond acceptors (Lipinski definition) is 5. The maximum Gasteiger partial charge on any atom is 0.251 e. The highest BCUT2D eigenvalue weighted by molar-refractivity contribution is 7.99. The van der Waals surface area contributed by atoms with Gasteiger partial charge in [-0.05, 0) is 30.7 Å². The van der Waals surface area contributed by atoms with Crippen molar-refractivity contribution in [2.75, 3.05) is 11.1 Å². The van der Waals surface area contributed by atoms with E-state index in [0.717, 1.165) is 0 Å². The van der Waals surface area contributed by atoms with Crippen LogP contribution in [0.3, 0.4) is 0 Å². The second-order valence-electron chi connectivity index (χ2n) is 4.28. The van der Waals surface area contributed by atoms with Gasteiger partial charge in [-0.3, -0.25) is 9.59 Å². The maximum absolute atomic E-state index is 11.8. The number of thioether (sulfide) groups is 1. The summed E-state index contributed by atoms with van der Waals surface area (Å²) in [6.07, 6.45) is 0.664. The molecule has 7 heteroatoms. The topological polar surface area (TPSA) is 95.1 Å². The number of aromatic hydroxyl groups is 1. The molecule has 0 saturated carbocycles. The van der Waals surface area contributed by atoms with E-state index in [-0.39, 0.29) is 23.0 Å². The van der Waals surface area contributed by atoms with Crippen molar-refractivity contribution in [3.05, 3.63) is 46.4 Å². The van der Waals surface area contributed by atoms with Crippen LogP contribution in [0.15, 0.2) is 40.3 Å². The van der Waals surface area contributed by atoms with Crippen LogP contribution in [-0.4, -0.2) is 26.7 Å². The number of phenolic OH excluding ortho intramolecular Hbond substituents is 1. The quantitative estimate of drug-likeness (QED) is 0.444. The lowest BCUT2D eigenvalue weighted by Crippen LogP contribution is -2.15. The minimum absolute atomic E-state index is 0.136. The summed E-state index contributed by atoms with van der Waals surface area (Å²) in [5.74, 6) is 0.0625. The Morgan fingerprint density at radius 3 is 2.76 bits per heavy atom. The number of rotatable bonds is 5. The molecule has 0 radical (unpaired) electrons. The normalized spacial score (nSPS) is 10.3. The molecule has 2 rings (SSSR count). The molecule has 110 valence electrons. The molecule has 2 aromatic rings. The molecule has 3 N–H and O–H groups in total. The molecule has 0 fully saturated rings. The SMILES string of the molecule is CCc1cc(=O)[nH]c(SCC(=O)Nc2ccc(O)cc2)n1. The Bertz CT molecular complexity index is 683. The van der Waals surface area contributed by atoms with Crippen LogP contribution in [0.25, 0.3) is 0 Å². The highest BCUT2D eigenvalue weighted by atomic mass is 32.2. The van der Waals surface area contributed by atoms with Gasteiger partial charge in [-0.25, -0.2) is 4.98 Å². The van der Waals surface area contributed by atoms with Gasteiger partial charge in [-0.1, -0.05) is 18.7 Å². The molecule has 0 aliphatic heterocycles. The highest BCUT2D eigenvalue weighted by Gasteiger charge is 2.06. The molecule has 1 aromatic carbocycles. The van der Waals surface area contributed by atoms with Gasteiger partial charge in [0.05, 0.1) is 5.75 Å². The van der Waals surface area contributed by atoms with Crippen LogP contribution in [0.4, 0.5) is 5.69 Å². The monoisotopic (exact) mass is 305 g/mol. The van der Waals surface area contributed by atoms with E-state index in [1.165, 1.54) is 30.0 Å². The smallest absolute Gasteiger partial charge is 0.251 e. The number of carbonyl (C=O) groups excluding carboxylic acids is 1. The van der Waals surface area contributed by atoms with Gasteiger partial charge in [0.15, 0.2) is 5.16 Å². The van der Waals surface area contributed by atoms with Gasteiger partial charge in [0, 0.05) is 17.4 Å². The van der Waals surface area contributed by atoms with E-state index >= 15 is 0 Å². The van der Waals surface area contributed by atoms with Gasteiger partial charge < -0.3 is 15.4 Å². The van der Waals surface area contributed by atoms with E-state index in [2.05, 4.69) is 15.3 Å². The van der Waals surface area contributed by atoms with E-state index in [1.807, 2.05) is 6.92 Å². The Kier molecular flexibility index (Phi) is 4.99. The fourth-order valence-corrected chi connectivity index (χ4v) is 2.30. The van der Waals surface area contributed by atoms with Gasteiger partial charge >= 0.3 is 0 Å². The number of phenols is 1. The van der Waals surface area contributed by atoms with Crippen molar-refractivity contribution in [2.45, 2.75) is 18.5 Å². The third kappa shape index (κ3) is 4.64. The minimum Gasteiger partial charge on any atom is -0.508 e. The third-order valence-corrected chi connectivity index (χ3v) is 3.50. The number of amides is 1. The summed E-state index contributed by atoms with van der Waals surface area (Å²) in [7, 11) is 0. The average Bonchev–Trinajstić information content (AvgIpc) is 2.47. The number of hydrogen-bond donors (Lipinski definition) is 3. The zero-order valence-corrected chi connectivity index (χ0v) is 12.2. The third-order valence-electron chi connectivity index (χ3n) is 2.63. The molecule has 0 aliphatic rings. The Hall–Kier alpha value is -2.28. The van der Waals surface area contributed by atoms with Crippen molar-refractivity contribution in [1.82, 2.24) is 9.97 Å². The van der Waals surface area contributed by atoms with E-state index in [9.17, 15) is 9.59 Å². The van der Waals surface area contributed by atoms with Crippen molar-refractivity contribution >= 4 is 23.4 Å². The molecular formula is C14H15N3O3S.